The number of rotatable bonds is 6. The van der Waals surface area contributed by atoms with Crippen LogP contribution in [0.25, 0.3) is 0 Å². The van der Waals surface area contributed by atoms with E-state index in [1.165, 1.54) is 0 Å². The van der Waals surface area contributed by atoms with E-state index in [9.17, 15) is 27.6 Å². The second-order valence-electron chi connectivity index (χ2n) is 7.96. The Morgan fingerprint density at radius 2 is 1.71 bits per heavy atom. The summed E-state index contributed by atoms with van der Waals surface area (Å²) >= 11 is 0. The molecule has 0 aliphatic heterocycles. The number of pyridine rings is 1. The van der Waals surface area contributed by atoms with Gasteiger partial charge in [0, 0.05) is 24.0 Å². The molecule has 3 aliphatic carbocycles. The van der Waals surface area contributed by atoms with E-state index in [0.717, 1.165) is 18.9 Å². The minimum atomic E-state index is -4.66. The lowest BCUT2D eigenvalue weighted by Gasteiger charge is -2.25. The fraction of sp³-hybridized carbons (Fsp3) is 0.600. The zero-order chi connectivity index (χ0) is 20.1. The number of hydrogen-bond acceptors (Lipinski definition) is 5. The van der Waals surface area contributed by atoms with E-state index in [4.69, 9.17) is 4.74 Å². The Labute approximate surface area is 159 Å². The number of halogens is 3. The second kappa shape index (κ2) is 7.06. The van der Waals surface area contributed by atoms with Crippen molar-refractivity contribution >= 4 is 17.3 Å². The fourth-order valence-electron chi connectivity index (χ4n) is 4.12. The first kappa shape index (κ1) is 19.2. The normalized spacial score (nSPS) is 27.3. The van der Waals surface area contributed by atoms with Crippen LogP contribution in [0.1, 0.15) is 53.8 Å². The van der Waals surface area contributed by atoms with E-state index in [1.54, 1.807) is 0 Å². The molecule has 28 heavy (non-hydrogen) atoms. The van der Waals surface area contributed by atoms with Crippen molar-refractivity contribution in [3.8, 4) is 0 Å². The molecule has 5 nitrogen and oxygen atoms in total. The van der Waals surface area contributed by atoms with Crippen molar-refractivity contribution < 1.29 is 32.3 Å². The third-order valence-corrected chi connectivity index (χ3v) is 5.89. The number of nitrogens with zero attached hydrogens (tertiary/aromatic N) is 1. The van der Waals surface area contributed by atoms with Gasteiger partial charge in [-0.1, -0.05) is 0 Å². The van der Waals surface area contributed by atoms with Crippen molar-refractivity contribution in [2.75, 3.05) is 6.61 Å². The third-order valence-electron chi connectivity index (χ3n) is 5.89. The zero-order valence-corrected chi connectivity index (χ0v) is 15.1. The van der Waals surface area contributed by atoms with Gasteiger partial charge >= 0.3 is 6.18 Å². The van der Waals surface area contributed by atoms with Crippen molar-refractivity contribution in [2.45, 2.75) is 44.9 Å². The molecule has 0 saturated heterocycles. The molecule has 4 rings (SSSR count). The summed E-state index contributed by atoms with van der Waals surface area (Å²) in [5, 5.41) is 0. The molecule has 150 valence electrons. The highest BCUT2D eigenvalue weighted by atomic mass is 19.4. The van der Waals surface area contributed by atoms with Crippen molar-refractivity contribution in [1.82, 2.24) is 4.98 Å². The molecule has 0 aromatic carbocycles. The van der Waals surface area contributed by atoms with Gasteiger partial charge in [0.1, 0.15) is 11.6 Å². The molecule has 3 fully saturated rings. The Hall–Kier alpha value is -2.09. The maximum atomic E-state index is 13.1. The predicted octanol–water partition coefficient (Wildman–Crippen LogP) is 3.39. The van der Waals surface area contributed by atoms with Crippen LogP contribution >= 0.6 is 0 Å². The lowest BCUT2D eigenvalue weighted by molar-refractivity contribution is -0.141. The first-order valence-corrected chi connectivity index (χ1v) is 9.52. The van der Waals surface area contributed by atoms with Gasteiger partial charge in [0.25, 0.3) is 0 Å². The number of alkyl halides is 3. The fourth-order valence-corrected chi connectivity index (χ4v) is 4.12. The SMILES string of the molecule is O=C(c1ccc(C(F)(F)F)nc1COCC1CC1)C1C(=O)C2CCC(C2)C1=O. The molecular weight excluding hydrogens is 375 g/mol. The summed E-state index contributed by atoms with van der Waals surface area (Å²) in [6, 6.07) is 1.73. The summed E-state index contributed by atoms with van der Waals surface area (Å²) in [6.07, 6.45) is -0.999. The molecule has 2 unspecified atom stereocenters. The molecule has 1 aromatic rings. The third kappa shape index (κ3) is 3.62. The molecule has 2 atom stereocenters. The van der Waals surface area contributed by atoms with Crippen molar-refractivity contribution in [3.05, 3.63) is 29.1 Å². The van der Waals surface area contributed by atoms with Crippen molar-refractivity contribution in [2.24, 2.45) is 23.7 Å². The zero-order valence-electron chi connectivity index (χ0n) is 15.1. The summed E-state index contributed by atoms with van der Waals surface area (Å²) in [6.45, 7) is 0.125. The van der Waals surface area contributed by atoms with Gasteiger partial charge < -0.3 is 4.74 Å². The average Bonchev–Trinajstić information content (AvgIpc) is 3.34. The summed E-state index contributed by atoms with van der Waals surface area (Å²) in [4.78, 5) is 41.8. The maximum Gasteiger partial charge on any atom is 0.433 e. The Morgan fingerprint density at radius 1 is 1.07 bits per heavy atom. The molecule has 0 amide bonds. The van der Waals surface area contributed by atoms with Crippen LogP contribution in [0.2, 0.25) is 0 Å². The first-order chi connectivity index (χ1) is 13.3. The molecule has 8 heteroatoms. The van der Waals surface area contributed by atoms with E-state index in [0.29, 0.717) is 37.9 Å². The summed E-state index contributed by atoms with van der Waals surface area (Å²) < 4.78 is 44.6. The largest absolute Gasteiger partial charge is 0.433 e. The van der Waals surface area contributed by atoms with E-state index in [1.807, 2.05) is 0 Å². The standard InChI is InChI=1S/C20H20F3NO4/c21-20(22,23)15-6-5-13(14(24-15)9-28-8-10-1-2-10)19(27)16-17(25)11-3-4-12(7-11)18(16)26/h5-6,10-12,16H,1-4,7-9H2. The van der Waals surface area contributed by atoms with Gasteiger partial charge in [-0.2, -0.15) is 13.2 Å². The predicted molar refractivity (Wildman–Crippen MR) is 90.3 cm³/mol. The summed E-state index contributed by atoms with van der Waals surface area (Å²) in [5.74, 6) is -3.23. The highest BCUT2D eigenvalue weighted by molar-refractivity contribution is 6.26. The van der Waals surface area contributed by atoms with Crippen LogP contribution in [0.3, 0.4) is 0 Å². The smallest absolute Gasteiger partial charge is 0.375 e. The number of aromatic nitrogens is 1. The van der Waals surface area contributed by atoms with Crippen LogP contribution < -0.4 is 0 Å². The molecule has 0 radical (unpaired) electrons. The van der Waals surface area contributed by atoms with Gasteiger partial charge in [-0.15, -0.1) is 0 Å². The number of ether oxygens (including phenoxy) is 1. The van der Waals surface area contributed by atoms with Crippen LogP contribution in [0.5, 0.6) is 0 Å². The molecule has 3 aliphatic rings. The number of carbonyl (C=O) groups is 3. The summed E-state index contributed by atoms with van der Waals surface area (Å²) in [5.41, 5.74) is -1.42. The molecule has 1 heterocycles. The first-order valence-electron chi connectivity index (χ1n) is 9.52. The highest BCUT2D eigenvalue weighted by Crippen LogP contribution is 2.41. The highest BCUT2D eigenvalue weighted by Gasteiger charge is 2.50. The number of Topliss-reactive ketones (excluding diaryl/α,β-unsaturated/α-hetero) is 3. The number of ketones is 3. The number of hydrogen-bond donors (Lipinski definition) is 0. The van der Waals surface area contributed by atoms with Crippen LogP contribution in [0.15, 0.2) is 12.1 Å². The Bertz CT molecular complexity index is 809. The van der Waals surface area contributed by atoms with Crippen molar-refractivity contribution in [3.63, 3.8) is 0 Å². The molecule has 1 aromatic heterocycles. The molecule has 3 saturated carbocycles. The van der Waals surface area contributed by atoms with E-state index in [-0.39, 0.29) is 29.7 Å². The lowest BCUT2D eigenvalue weighted by atomic mass is 9.75. The van der Waals surface area contributed by atoms with E-state index < -0.39 is 35.1 Å². The average molecular weight is 395 g/mol. The van der Waals surface area contributed by atoms with Crippen LogP contribution in [0, 0.1) is 23.7 Å². The monoisotopic (exact) mass is 395 g/mol. The lowest BCUT2D eigenvalue weighted by Crippen LogP contribution is -2.42. The van der Waals surface area contributed by atoms with Gasteiger partial charge in [-0.05, 0) is 50.2 Å². The van der Waals surface area contributed by atoms with E-state index in [2.05, 4.69) is 4.98 Å². The number of fused-ring (bicyclic) bond motifs is 2. The maximum absolute atomic E-state index is 13.1. The van der Waals surface area contributed by atoms with E-state index >= 15 is 0 Å². The van der Waals surface area contributed by atoms with Crippen LogP contribution in [0.4, 0.5) is 13.2 Å². The molecule has 0 spiro atoms. The Kier molecular flexibility index (Phi) is 4.85. The number of carbonyl (C=O) groups excluding carboxylic acids is 3. The quantitative estimate of drug-likeness (QED) is 0.545. The Balaban J connectivity index is 1.63. The van der Waals surface area contributed by atoms with Gasteiger partial charge in [0.2, 0.25) is 0 Å². The van der Waals surface area contributed by atoms with Gasteiger partial charge in [0.05, 0.1) is 12.3 Å². The van der Waals surface area contributed by atoms with Crippen molar-refractivity contribution in [1.29, 1.82) is 0 Å². The van der Waals surface area contributed by atoms with Crippen LogP contribution in [-0.2, 0) is 27.1 Å². The van der Waals surface area contributed by atoms with Crippen LogP contribution in [-0.4, -0.2) is 28.9 Å². The second-order valence-corrected chi connectivity index (χ2v) is 7.96. The summed E-state index contributed by atoms with van der Waals surface area (Å²) in [7, 11) is 0. The molecular formula is C20H20F3NO4. The minimum absolute atomic E-state index is 0.128. The van der Waals surface area contributed by atoms with Gasteiger partial charge in [0.15, 0.2) is 17.3 Å². The Morgan fingerprint density at radius 3 is 2.29 bits per heavy atom. The van der Waals surface area contributed by atoms with Gasteiger partial charge in [-0.3, -0.25) is 14.4 Å². The molecule has 0 N–H and O–H groups in total. The molecule has 2 bridgehead atoms. The topological polar surface area (TPSA) is 73.3 Å². The minimum Gasteiger partial charge on any atom is -0.375 e. The van der Waals surface area contributed by atoms with Gasteiger partial charge in [-0.25, -0.2) is 4.98 Å².